The highest BCUT2D eigenvalue weighted by Gasteiger charge is 2.05. The molecule has 3 aromatic rings. The molecule has 1 heterocycles. The molecule has 0 radical (unpaired) electrons. The van der Waals surface area contributed by atoms with Gasteiger partial charge in [0.2, 0.25) is 0 Å². The number of carbonyl (C=O) groups excluding carboxylic acids is 1. The van der Waals surface area contributed by atoms with E-state index >= 15 is 0 Å². The number of nitrogens with zero attached hydrogens (tertiary/aromatic N) is 3. The van der Waals surface area contributed by atoms with E-state index in [4.69, 9.17) is 0 Å². The number of carbonyl (C=O) groups is 1. The number of nitro benzene ring substituents is 1. The number of ketones is 1. The third kappa shape index (κ3) is 3.44. The molecule has 0 amide bonds. The van der Waals surface area contributed by atoms with E-state index in [1.54, 1.807) is 42.9 Å². The number of hydrogen-bond donors (Lipinski definition) is 0. The van der Waals surface area contributed by atoms with Crippen molar-refractivity contribution >= 4 is 17.5 Å². The Labute approximate surface area is 137 Å². The molecule has 0 spiro atoms. The van der Waals surface area contributed by atoms with Gasteiger partial charge in [-0.05, 0) is 35.9 Å². The Balaban J connectivity index is 1.75. The van der Waals surface area contributed by atoms with E-state index in [-0.39, 0.29) is 11.5 Å². The molecule has 2 aromatic carbocycles. The summed E-state index contributed by atoms with van der Waals surface area (Å²) in [5.41, 5.74) is 2.05. The molecule has 3 rings (SSSR count). The smallest absolute Gasteiger partial charge is 0.270 e. The summed E-state index contributed by atoms with van der Waals surface area (Å²) in [6.45, 7) is 0. The standard InChI is InChI=1S/C18H13N3O3/c22-18(9-4-14-2-1-3-17(12-14)21(23)24)15-5-7-16(8-6-15)20-11-10-19-13-20/h1-13H/b9-4+. The molecule has 1 aromatic heterocycles. The molecule has 6 nitrogen and oxygen atoms in total. The third-order valence-corrected chi connectivity index (χ3v) is 3.46. The monoisotopic (exact) mass is 319 g/mol. The fraction of sp³-hybridized carbons (Fsp3) is 0. The highest BCUT2D eigenvalue weighted by Crippen LogP contribution is 2.15. The van der Waals surface area contributed by atoms with E-state index in [9.17, 15) is 14.9 Å². The van der Waals surface area contributed by atoms with Gasteiger partial charge >= 0.3 is 0 Å². The molecule has 0 saturated carbocycles. The van der Waals surface area contributed by atoms with Crippen LogP contribution >= 0.6 is 0 Å². The third-order valence-electron chi connectivity index (χ3n) is 3.46. The zero-order valence-corrected chi connectivity index (χ0v) is 12.6. The van der Waals surface area contributed by atoms with Gasteiger partial charge in [-0.3, -0.25) is 14.9 Å². The van der Waals surface area contributed by atoms with Crippen LogP contribution in [0.1, 0.15) is 15.9 Å². The second-order valence-corrected chi connectivity index (χ2v) is 5.07. The van der Waals surface area contributed by atoms with Crippen LogP contribution in [0.15, 0.2) is 73.3 Å². The fourth-order valence-corrected chi connectivity index (χ4v) is 2.22. The number of nitro groups is 1. The van der Waals surface area contributed by atoms with Crippen molar-refractivity contribution in [3.63, 3.8) is 0 Å². The van der Waals surface area contributed by atoms with Crippen LogP contribution in [0.2, 0.25) is 0 Å². The molecule has 6 heteroatoms. The lowest BCUT2D eigenvalue weighted by Gasteiger charge is -2.02. The first-order valence-electron chi connectivity index (χ1n) is 7.19. The van der Waals surface area contributed by atoms with Crippen LogP contribution in [0.5, 0.6) is 0 Å². The summed E-state index contributed by atoms with van der Waals surface area (Å²) in [7, 11) is 0. The van der Waals surface area contributed by atoms with Gasteiger partial charge in [0.05, 0.1) is 11.3 Å². The van der Waals surface area contributed by atoms with Crippen molar-refractivity contribution in [1.29, 1.82) is 0 Å². The Kier molecular flexibility index (Phi) is 4.29. The van der Waals surface area contributed by atoms with E-state index in [0.29, 0.717) is 11.1 Å². The molecule has 0 saturated heterocycles. The van der Waals surface area contributed by atoms with Crippen molar-refractivity contribution in [3.8, 4) is 5.69 Å². The first kappa shape index (κ1) is 15.4. The second-order valence-electron chi connectivity index (χ2n) is 5.07. The minimum Gasteiger partial charge on any atom is -0.306 e. The normalized spacial score (nSPS) is 10.8. The summed E-state index contributed by atoms with van der Waals surface area (Å²) in [6, 6.07) is 13.2. The van der Waals surface area contributed by atoms with Gasteiger partial charge < -0.3 is 4.57 Å². The number of allylic oxidation sites excluding steroid dienone is 1. The predicted molar refractivity (Wildman–Crippen MR) is 90.0 cm³/mol. The van der Waals surface area contributed by atoms with Crippen LogP contribution in [0.3, 0.4) is 0 Å². The number of non-ortho nitro benzene ring substituents is 1. The summed E-state index contributed by atoms with van der Waals surface area (Å²) in [6.07, 6.45) is 8.16. The summed E-state index contributed by atoms with van der Waals surface area (Å²) in [4.78, 5) is 26.5. The van der Waals surface area contributed by atoms with Crippen molar-refractivity contribution in [2.24, 2.45) is 0 Å². The Hall–Kier alpha value is -3.54. The Morgan fingerprint density at radius 1 is 1.17 bits per heavy atom. The molecular formula is C18H13N3O3. The first-order chi connectivity index (χ1) is 11.6. The predicted octanol–water partition coefficient (Wildman–Crippen LogP) is 3.68. The maximum atomic E-state index is 12.2. The van der Waals surface area contributed by atoms with Crippen molar-refractivity contribution in [3.05, 3.63) is 94.6 Å². The Morgan fingerprint density at radius 3 is 2.62 bits per heavy atom. The number of rotatable bonds is 5. The fourth-order valence-electron chi connectivity index (χ4n) is 2.22. The summed E-state index contributed by atoms with van der Waals surface area (Å²) >= 11 is 0. The molecular weight excluding hydrogens is 306 g/mol. The molecule has 0 fully saturated rings. The molecule has 24 heavy (non-hydrogen) atoms. The van der Waals surface area contributed by atoms with Crippen molar-refractivity contribution in [2.75, 3.05) is 0 Å². The average molecular weight is 319 g/mol. The van der Waals surface area contributed by atoms with Crippen LogP contribution in [-0.4, -0.2) is 20.3 Å². The topological polar surface area (TPSA) is 78.0 Å². The highest BCUT2D eigenvalue weighted by atomic mass is 16.6. The number of hydrogen-bond acceptors (Lipinski definition) is 4. The maximum Gasteiger partial charge on any atom is 0.270 e. The van der Waals surface area contributed by atoms with Crippen LogP contribution in [-0.2, 0) is 0 Å². The molecule has 0 atom stereocenters. The lowest BCUT2D eigenvalue weighted by Crippen LogP contribution is -1.96. The zero-order chi connectivity index (χ0) is 16.9. The van der Waals surface area contributed by atoms with Gasteiger partial charge in [0.1, 0.15) is 0 Å². The zero-order valence-electron chi connectivity index (χ0n) is 12.6. The number of benzene rings is 2. The quantitative estimate of drug-likeness (QED) is 0.311. The van der Waals surface area contributed by atoms with E-state index in [1.807, 2.05) is 22.9 Å². The molecule has 0 aliphatic carbocycles. The second kappa shape index (κ2) is 6.70. The summed E-state index contributed by atoms with van der Waals surface area (Å²) in [5.74, 6) is -0.168. The average Bonchev–Trinajstić information content (AvgIpc) is 3.14. The summed E-state index contributed by atoms with van der Waals surface area (Å²) in [5, 5.41) is 10.8. The van der Waals surface area contributed by atoms with Crippen LogP contribution < -0.4 is 0 Å². The molecule has 0 aliphatic rings. The Morgan fingerprint density at radius 2 is 1.96 bits per heavy atom. The molecule has 0 N–H and O–H groups in total. The van der Waals surface area contributed by atoms with Crippen LogP contribution in [0, 0.1) is 10.1 Å². The molecule has 0 unspecified atom stereocenters. The Bertz CT molecular complexity index is 898. The highest BCUT2D eigenvalue weighted by molar-refractivity contribution is 6.06. The molecule has 0 aliphatic heterocycles. The van der Waals surface area contributed by atoms with E-state index < -0.39 is 4.92 Å². The van der Waals surface area contributed by atoms with E-state index in [1.165, 1.54) is 18.2 Å². The first-order valence-corrected chi connectivity index (χ1v) is 7.19. The van der Waals surface area contributed by atoms with Crippen molar-refractivity contribution < 1.29 is 9.72 Å². The van der Waals surface area contributed by atoms with Crippen LogP contribution in [0.4, 0.5) is 5.69 Å². The number of aromatic nitrogens is 2. The van der Waals surface area contributed by atoms with Gasteiger partial charge in [-0.1, -0.05) is 18.2 Å². The summed E-state index contributed by atoms with van der Waals surface area (Å²) < 4.78 is 1.84. The van der Waals surface area contributed by atoms with Gasteiger partial charge in [0.25, 0.3) is 5.69 Å². The maximum absolute atomic E-state index is 12.2. The van der Waals surface area contributed by atoms with Gasteiger partial charge in [-0.25, -0.2) is 4.98 Å². The van der Waals surface area contributed by atoms with E-state index in [2.05, 4.69) is 4.98 Å². The minimum atomic E-state index is -0.464. The van der Waals surface area contributed by atoms with Gasteiger partial charge in [-0.15, -0.1) is 0 Å². The largest absolute Gasteiger partial charge is 0.306 e. The van der Waals surface area contributed by atoms with E-state index in [0.717, 1.165) is 5.69 Å². The molecule has 118 valence electrons. The van der Waals surface area contributed by atoms with Crippen LogP contribution in [0.25, 0.3) is 11.8 Å². The molecule has 0 bridgehead atoms. The SMILES string of the molecule is O=C(/C=C/c1cccc([N+](=O)[O-])c1)c1ccc(-n2ccnc2)cc1. The van der Waals surface area contributed by atoms with Gasteiger partial charge in [-0.2, -0.15) is 0 Å². The lowest BCUT2D eigenvalue weighted by atomic mass is 10.1. The van der Waals surface area contributed by atoms with Gasteiger partial charge in [0.15, 0.2) is 5.78 Å². The lowest BCUT2D eigenvalue weighted by molar-refractivity contribution is -0.384. The van der Waals surface area contributed by atoms with Crippen molar-refractivity contribution in [1.82, 2.24) is 9.55 Å². The minimum absolute atomic E-state index is 0.00529. The van der Waals surface area contributed by atoms with Crippen molar-refractivity contribution in [2.45, 2.75) is 0 Å². The van der Waals surface area contributed by atoms with Gasteiger partial charge in [0, 0.05) is 35.8 Å². The number of imidazole rings is 1.